The normalized spacial score (nSPS) is 21.5. The molecule has 0 bridgehead atoms. The summed E-state index contributed by atoms with van der Waals surface area (Å²) in [5.74, 6) is 4.84. The third-order valence-corrected chi connectivity index (χ3v) is 6.61. The molecule has 0 saturated carbocycles. The smallest absolute Gasteiger partial charge is 0.194 e. The van der Waals surface area contributed by atoms with Crippen LogP contribution >= 0.6 is 11.8 Å². The lowest BCUT2D eigenvalue weighted by atomic mass is 10.1. The Hall–Kier alpha value is -1.28. The number of hydrogen-bond acceptors (Lipinski definition) is 5. The summed E-state index contributed by atoms with van der Waals surface area (Å²) < 4.78 is 2.03. The molecule has 158 valence electrons. The molecule has 0 aliphatic carbocycles. The molecule has 1 atom stereocenters. The molecule has 0 radical (unpaired) electrons. The molecule has 1 unspecified atom stereocenters. The van der Waals surface area contributed by atoms with Crippen molar-refractivity contribution < 1.29 is 0 Å². The van der Waals surface area contributed by atoms with E-state index >= 15 is 0 Å². The van der Waals surface area contributed by atoms with E-state index < -0.39 is 0 Å². The van der Waals surface area contributed by atoms with Gasteiger partial charge in [0.05, 0.1) is 0 Å². The molecule has 3 rings (SSSR count). The molecule has 7 nitrogen and oxygen atoms in total. The summed E-state index contributed by atoms with van der Waals surface area (Å²) in [4.78, 5) is 10.0. The Bertz CT molecular complexity index is 624. The summed E-state index contributed by atoms with van der Waals surface area (Å²) in [7, 11) is 2.01. The second kappa shape index (κ2) is 11.0. The zero-order chi connectivity index (χ0) is 19.8. The molecular weight excluding hydrogens is 370 g/mol. The molecule has 2 aliphatic heterocycles. The number of piperidine rings is 1. The van der Waals surface area contributed by atoms with Gasteiger partial charge in [-0.1, -0.05) is 6.42 Å². The molecule has 2 aliphatic rings. The van der Waals surface area contributed by atoms with Crippen molar-refractivity contribution >= 4 is 17.7 Å². The minimum atomic E-state index is 0.579. The van der Waals surface area contributed by atoms with Gasteiger partial charge in [-0.15, -0.1) is 10.2 Å². The predicted molar refractivity (Wildman–Crippen MR) is 118 cm³/mol. The minimum absolute atomic E-state index is 0.579. The molecule has 1 aromatic rings. The maximum absolute atomic E-state index is 4.92. The van der Waals surface area contributed by atoms with E-state index in [1.54, 1.807) is 0 Å². The van der Waals surface area contributed by atoms with Crippen molar-refractivity contribution in [3.8, 4) is 0 Å². The fourth-order valence-corrected chi connectivity index (χ4v) is 4.53. The molecule has 1 aromatic heterocycles. The highest BCUT2D eigenvalue weighted by atomic mass is 32.2. The van der Waals surface area contributed by atoms with Crippen molar-refractivity contribution in [3.05, 3.63) is 11.6 Å². The van der Waals surface area contributed by atoms with Gasteiger partial charge < -0.3 is 19.7 Å². The zero-order valence-corrected chi connectivity index (χ0v) is 18.7. The van der Waals surface area contributed by atoms with Crippen molar-refractivity contribution in [1.29, 1.82) is 0 Å². The van der Waals surface area contributed by atoms with Gasteiger partial charge in [0.2, 0.25) is 0 Å². The van der Waals surface area contributed by atoms with Gasteiger partial charge in [0.1, 0.15) is 12.4 Å². The van der Waals surface area contributed by atoms with E-state index in [1.807, 2.05) is 30.3 Å². The van der Waals surface area contributed by atoms with Crippen molar-refractivity contribution in [2.75, 3.05) is 51.3 Å². The van der Waals surface area contributed by atoms with Crippen LogP contribution in [0.5, 0.6) is 0 Å². The Morgan fingerprint density at radius 1 is 1.21 bits per heavy atom. The lowest BCUT2D eigenvalue weighted by Gasteiger charge is -2.29. The number of aromatic nitrogens is 3. The first kappa shape index (κ1) is 21.4. The molecule has 3 heterocycles. The molecule has 0 amide bonds. The Balaban J connectivity index is 1.57. The topological polar surface area (TPSA) is 61.6 Å². The highest BCUT2D eigenvalue weighted by molar-refractivity contribution is 7.98. The van der Waals surface area contributed by atoms with Crippen LogP contribution in [0.3, 0.4) is 0 Å². The average molecular weight is 408 g/mol. The molecule has 2 saturated heterocycles. The van der Waals surface area contributed by atoms with Crippen molar-refractivity contribution in [1.82, 2.24) is 29.9 Å². The first-order valence-electron chi connectivity index (χ1n) is 10.8. The SMILES string of the molecule is CSCCCNC(=NCc1nnc(C)n1C)N1CCC(CN2CCCCC2)C1. The van der Waals surface area contributed by atoms with Gasteiger partial charge in [0.25, 0.3) is 0 Å². The minimum Gasteiger partial charge on any atom is -0.356 e. The molecule has 0 spiro atoms. The molecule has 8 heteroatoms. The lowest BCUT2D eigenvalue weighted by Crippen LogP contribution is -2.41. The van der Waals surface area contributed by atoms with E-state index in [4.69, 9.17) is 4.99 Å². The van der Waals surface area contributed by atoms with E-state index in [0.717, 1.165) is 49.6 Å². The molecular formula is C20H37N7S. The van der Waals surface area contributed by atoms with Gasteiger partial charge in [-0.3, -0.25) is 0 Å². The maximum atomic E-state index is 4.92. The van der Waals surface area contributed by atoms with Crippen LogP contribution in [-0.2, 0) is 13.6 Å². The van der Waals surface area contributed by atoms with Gasteiger partial charge in [-0.2, -0.15) is 11.8 Å². The Labute approximate surface area is 174 Å². The number of nitrogens with zero attached hydrogens (tertiary/aromatic N) is 6. The van der Waals surface area contributed by atoms with Crippen molar-refractivity contribution in [2.45, 2.75) is 45.6 Å². The number of rotatable bonds is 8. The van der Waals surface area contributed by atoms with Gasteiger partial charge in [-0.05, 0) is 63.6 Å². The Morgan fingerprint density at radius 3 is 2.75 bits per heavy atom. The van der Waals surface area contributed by atoms with Crippen LogP contribution in [0.1, 0.15) is 43.8 Å². The third kappa shape index (κ3) is 6.11. The number of aliphatic imine (C=N–C) groups is 1. The molecule has 1 N–H and O–H groups in total. The Morgan fingerprint density at radius 2 is 2.04 bits per heavy atom. The van der Waals surface area contributed by atoms with Crippen molar-refractivity contribution in [2.24, 2.45) is 18.0 Å². The second-order valence-corrected chi connectivity index (χ2v) is 9.08. The summed E-state index contributed by atoms with van der Waals surface area (Å²) in [5.41, 5.74) is 0. The van der Waals surface area contributed by atoms with E-state index in [9.17, 15) is 0 Å². The van der Waals surface area contributed by atoms with Crippen LogP contribution in [0.2, 0.25) is 0 Å². The first-order chi connectivity index (χ1) is 13.7. The van der Waals surface area contributed by atoms with Gasteiger partial charge in [0, 0.05) is 33.2 Å². The summed E-state index contributed by atoms with van der Waals surface area (Å²) >= 11 is 1.90. The lowest BCUT2D eigenvalue weighted by molar-refractivity contribution is 0.198. The highest BCUT2D eigenvalue weighted by Gasteiger charge is 2.27. The third-order valence-electron chi connectivity index (χ3n) is 5.91. The van der Waals surface area contributed by atoms with Crippen LogP contribution in [0.4, 0.5) is 0 Å². The van der Waals surface area contributed by atoms with Crippen LogP contribution in [0.15, 0.2) is 4.99 Å². The number of thioether (sulfide) groups is 1. The number of nitrogens with one attached hydrogen (secondary N) is 1. The summed E-state index contributed by atoms with van der Waals surface area (Å²) in [6, 6.07) is 0. The summed E-state index contributed by atoms with van der Waals surface area (Å²) in [5, 5.41) is 12.0. The first-order valence-corrected chi connectivity index (χ1v) is 12.2. The number of hydrogen-bond donors (Lipinski definition) is 1. The summed E-state index contributed by atoms with van der Waals surface area (Å²) in [6.07, 6.45) is 8.75. The average Bonchev–Trinajstić information content (AvgIpc) is 3.30. The largest absolute Gasteiger partial charge is 0.356 e. The van der Waals surface area contributed by atoms with E-state index in [2.05, 4.69) is 31.6 Å². The number of guanidine groups is 1. The van der Waals surface area contributed by atoms with Gasteiger partial charge in [-0.25, -0.2) is 4.99 Å². The maximum Gasteiger partial charge on any atom is 0.194 e. The fraction of sp³-hybridized carbons (Fsp3) is 0.850. The highest BCUT2D eigenvalue weighted by Crippen LogP contribution is 2.20. The molecule has 28 heavy (non-hydrogen) atoms. The second-order valence-electron chi connectivity index (χ2n) is 8.10. The van der Waals surface area contributed by atoms with Crippen LogP contribution in [-0.4, -0.2) is 81.8 Å². The van der Waals surface area contributed by atoms with Crippen LogP contribution in [0, 0.1) is 12.8 Å². The van der Waals surface area contributed by atoms with Crippen LogP contribution < -0.4 is 5.32 Å². The number of aryl methyl sites for hydroxylation is 1. The van der Waals surface area contributed by atoms with E-state index in [-0.39, 0.29) is 0 Å². The van der Waals surface area contributed by atoms with E-state index in [0.29, 0.717) is 6.54 Å². The zero-order valence-electron chi connectivity index (χ0n) is 17.9. The van der Waals surface area contributed by atoms with Gasteiger partial charge >= 0.3 is 0 Å². The summed E-state index contributed by atoms with van der Waals surface area (Å²) in [6.45, 7) is 9.58. The van der Waals surface area contributed by atoms with Crippen LogP contribution in [0.25, 0.3) is 0 Å². The monoisotopic (exact) mass is 407 g/mol. The fourth-order valence-electron chi connectivity index (χ4n) is 4.10. The quantitative estimate of drug-likeness (QED) is 0.405. The molecule has 0 aromatic carbocycles. The van der Waals surface area contributed by atoms with Gasteiger partial charge in [0.15, 0.2) is 11.8 Å². The van der Waals surface area contributed by atoms with E-state index in [1.165, 1.54) is 51.1 Å². The predicted octanol–water partition coefficient (Wildman–Crippen LogP) is 2.13. The molecule has 2 fully saturated rings. The van der Waals surface area contributed by atoms with Crippen molar-refractivity contribution in [3.63, 3.8) is 0 Å². The standard InChI is InChI=1S/C20H37N7S/c1-17-23-24-19(25(17)2)14-22-20(21-9-7-13-28-3)27-12-8-18(16-27)15-26-10-5-4-6-11-26/h18H,4-16H2,1-3H3,(H,21,22). The Kier molecular flexibility index (Phi) is 8.45. The number of likely N-dealkylation sites (tertiary alicyclic amines) is 2.